The van der Waals surface area contributed by atoms with Crippen LogP contribution in [0.4, 0.5) is 0 Å². The Bertz CT molecular complexity index is 1190. The fourth-order valence-corrected chi connectivity index (χ4v) is 4.47. The molecule has 3 rings (SSSR count). The Balaban J connectivity index is 1.56. The Morgan fingerprint density at radius 2 is 1.82 bits per heavy atom. The van der Waals surface area contributed by atoms with Gasteiger partial charge in [-0.3, -0.25) is 15.0 Å². The molecule has 0 radical (unpaired) electrons. The van der Waals surface area contributed by atoms with E-state index < -0.39 is 28.5 Å². The molecule has 0 aromatic heterocycles. The van der Waals surface area contributed by atoms with Crippen molar-refractivity contribution < 1.29 is 18.0 Å². The first-order valence-electron chi connectivity index (χ1n) is 10.2. The largest absolute Gasteiger partial charge is 0.384 e. The van der Waals surface area contributed by atoms with E-state index in [0.29, 0.717) is 30.5 Å². The predicted molar refractivity (Wildman–Crippen MR) is 120 cm³/mol. The van der Waals surface area contributed by atoms with E-state index in [0.717, 1.165) is 5.56 Å². The zero-order chi connectivity index (χ0) is 24.0. The summed E-state index contributed by atoms with van der Waals surface area (Å²) in [6.45, 7) is 0.141. The first kappa shape index (κ1) is 23.9. The number of hydrogen-bond donors (Lipinski definition) is 4. The van der Waals surface area contributed by atoms with Gasteiger partial charge in [0.15, 0.2) is 0 Å². The highest BCUT2D eigenvalue weighted by atomic mass is 32.2. The van der Waals surface area contributed by atoms with Gasteiger partial charge in [-0.1, -0.05) is 24.3 Å². The van der Waals surface area contributed by atoms with Crippen LogP contribution < -0.4 is 15.8 Å². The van der Waals surface area contributed by atoms with E-state index >= 15 is 0 Å². The van der Waals surface area contributed by atoms with Gasteiger partial charge in [0.05, 0.1) is 23.1 Å². The van der Waals surface area contributed by atoms with Crippen molar-refractivity contribution in [2.45, 2.75) is 30.3 Å². The summed E-state index contributed by atoms with van der Waals surface area (Å²) in [5.41, 5.74) is 7.16. The number of nitrogens with zero attached hydrogens (tertiary/aromatic N) is 2. The molecule has 1 saturated heterocycles. The van der Waals surface area contributed by atoms with Crippen molar-refractivity contribution in [3.8, 4) is 6.07 Å². The van der Waals surface area contributed by atoms with E-state index in [4.69, 9.17) is 16.4 Å². The summed E-state index contributed by atoms with van der Waals surface area (Å²) in [6, 6.07) is 13.5. The van der Waals surface area contributed by atoms with E-state index in [9.17, 15) is 18.0 Å². The molecule has 1 aliphatic rings. The Morgan fingerprint density at radius 1 is 1.15 bits per heavy atom. The zero-order valence-corrected chi connectivity index (χ0v) is 18.6. The Hall–Kier alpha value is -3.75. The lowest BCUT2D eigenvalue weighted by Crippen LogP contribution is -2.48. The molecular weight excluding hydrogens is 444 g/mol. The molecule has 0 aliphatic carbocycles. The molecule has 1 atom stereocenters. The molecule has 1 fully saturated rings. The van der Waals surface area contributed by atoms with Crippen molar-refractivity contribution in [3.63, 3.8) is 0 Å². The lowest BCUT2D eigenvalue weighted by atomic mass is 10.1. The minimum Gasteiger partial charge on any atom is -0.384 e. The minimum atomic E-state index is -3.94. The summed E-state index contributed by atoms with van der Waals surface area (Å²) >= 11 is 0. The third-order valence-electron chi connectivity index (χ3n) is 5.31. The van der Waals surface area contributed by atoms with E-state index in [1.165, 1.54) is 29.2 Å². The van der Waals surface area contributed by atoms with Gasteiger partial charge in [0.1, 0.15) is 11.9 Å². The second kappa shape index (κ2) is 10.2. The van der Waals surface area contributed by atoms with Gasteiger partial charge in [0, 0.05) is 18.7 Å². The SMILES string of the molecule is N#Cc1ccc(S(=O)(=O)NCC(=O)N2CCC[C@H]2C(=O)NCc2ccc(C(=N)N)cc2)cc1. The van der Waals surface area contributed by atoms with Gasteiger partial charge in [-0.05, 0) is 42.7 Å². The van der Waals surface area contributed by atoms with E-state index in [2.05, 4.69) is 10.0 Å². The molecule has 33 heavy (non-hydrogen) atoms. The fourth-order valence-electron chi connectivity index (χ4n) is 3.50. The normalized spacial score (nSPS) is 15.6. The maximum Gasteiger partial charge on any atom is 0.243 e. The van der Waals surface area contributed by atoms with Crippen LogP contribution in [0.15, 0.2) is 53.4 Å². The van der Waals surface area contributed by atoms with Gasteiger partial charge >= 0.3 is 0 Å². The molecule has 0 saturated carbocycles. The number of rotatable bonds is 8. The van der Waals surface area contributed by atoms with Gasteiger partial charge < -0.3 is 16.0 Å². The number of amidine groups is 1. The molecule has 1 aliphatic heterocycles. The second-order valence-corrected chi connectivity index (χ2v) is 9.30. The molecule has 172 valence electrons. The Morgan fingerprint density at radius 3 is 2.42 bits per heavy atom. The number of carbonyl (C=O) groups is 2. The third kappa shape index (κ3) is 5.94. The highest BCUT2D eigenvalue weighted by molar-refractivity contribution is 7.89. The van der Waals surface area contributed by atoms with Crippen LogP contribution in [0.1, 0.15) is 29.5 Å². The van der Waals surface area contributed by atoms with E-state index in [1.54, 1.807) is 24.3 Å². The first-order valence-corrected chi connectivity index (χ1v) is 11.7. The number of carbonyl (C=O) groups excluding carboxylic acids is 2. The molecular formula is C22H24N6O4S. The van der Waals surface area contributed by atoms with Crippen LogP contribution in [0, 0.1) is 16.7 Å². The van der Waals surface area contributed by atoms with Crippen LogP contribution in [-0.2, 0) is 26.2 Å². The van der Waals surface area contributed by atoms with Gasteiger partial charge in [-0.15, -0.1) is 0 Å². The summed E-state index contributed by atoms with van der Waals surface area (Å²) in [7, 11) is -3.94. The van der Waals surface area contributed by atoms with Crippen LogP contribution in [0.3, 0.4) is 0 Å². The molecule has 0 spiro atoms. The second-order valence-electron chi connectivity index (χ2n) is 7.53. The minimum absolute atomic E-state index is 0.0412. The smallest absolute Gasteiger partial charge is 0.243 e. The van der Waals surface area contributed by atoms with Gasteiger partial charge in [-0.25, -0.2) is 13.1 Å². The van der Waals surface area contributed by atoms with Crippen LogP contribution in [0.25, 0.3) is 0 Å². The number of likely N-dealkylation sites (tertiary alicyclic amines) is 1. The van der Waals surface area contributed by atoms with Crippen molar-refractivity contribution in [3.05, 3.63) is 65.2 Å². The predicted octanol–water partition coefficient (Wildman–Crippen LogP) is 0.428. The molecule has 11 heteroatoms. The maximum atomic E-state index is 12.7. The highest BCUT2D eigenvalue weighted by Gasteiger charge is 2.34. The lowest BCUT2D eigenvalue weighted by molar-refractivity contribution is -0.137. The average molecular weight is 469 g/mol. The van der Waals surface area contributed by atoms with Crippen LogP contribution in [-0.4, -0.2) is 50.1 Å². The number of nitrogens with one attached hydrogen (secondary N) is 3. The monoisotopic (exact) mass is 468 g/mol. The van der Waals surface area contributed by atoms with Crippen molar-refractivity contribution >= 4 is 27.7 Å². The van der Waals surface area contributed by atoms with Crippen molar-refractivity contribution in [1.82, 2.24) is 14.9 Å². The standard InChI is InChI=1S/C22H24N6O4S/c23-12-15-5-9-18(10-6-15)33(31,32)27-14-20(29)28-11-1-2-19(28)22(30)26-13-16-3-7-17(8-4-16)21(24)25/h3-10,19,27H,1-2,11,13-14H2,(H3,24,25)(H,26,30)/t19-/m0/s1. The molecule has 10 nitrogen and oxygen atoms in total. The molecule has 1 heterocycles. The van der Waals surface area contributed by atoms with E-state index in [-0.39, 0.29) is 23.2 Å². The summed E-state index contributed by atoms with van der Waals surface area (Å²) in [6.07, 6.45) is 1.13. The number of nitriles is 1. The van der Waals surface area contributed by atoms with Crippen LogP contribution >= 0.6 is 0 Å². The van der Waals surface area contributed by atoms with Crippen molar-refractivity contribution in [2.75, 3.05) is 13.1 Å². The summed E-state index contributed by atoms with van der Waals surface area (Å²) in [4.78, 5) is 26.7. The van der Waals surface area contributed by atoms with Gasteiger partial charge in [-0.2, -0.15) is 5.26 Å². The number of hydrogen-bond acceptors (Lipinski definition) is 6. The number of nitrogen functional groups attached to an aromatic ring is 1. The first-order chi connectivity index (χ1) is 15.7. The third-order valence-corrected chi connectivity index (χ3v) is 6.73. The Kier molecular flexibility index (Phi) is 7.42. The number of benzene rings is 2. The molecule has 5 N–H and O–H groups in total. The van der Waals surface area contributed by atoms with Crippen LogP contribution in [0.2, 0.25) is 0 Å². The van der Waals surface area contributed by atoms with Gasteiger partial charge in [0.25, 0.3) is 0 Å². The average Bonchev–Trinajstić information content (AvgIpc) is 3.31. The summed E-state index contributed by atoms with van der Waals surface area (Å²) in [5.74, 6) is -0.845. The quantitative estimate of drug-likeness (QED) is 0.323. The van der Waals surface area contributed by atoms with Crippen LogP contribution in [0.5, 0.6) is 0 Å². The number of amides is 2. The summed E-state index contributed by atoms with van der Waals surface area (Å²) in [5, 5.41) is 19.0. The molecule has 0 bridgehead atoms. The van der Waals surface area contributed by atoms with Gasteiger partial charge in [0.2, 0.25) is 21.8 Å². The van der Waals surface area contributed by atoms with Crippen molar-refractivity contribution in [2.24, 2.45) is 5.73 Å². The molecule has 2 aromatic rings. The number of sulfonamides is 1. The molecule has 2 aromatic carbocycles. The molecule has 0 unspecified atom stereocenters. The molecule has 2 amide bonds. The van der Waals surface area contributed by atoms with Crippen molar-refractivity contribution in [1.29, 1.82) is 10.7 Å². The van der Waals surface area contributed by atoms with E-state index in [1.807, 2.05) is 6.07 Å². The fraction of sp³-hybridized carbons (Fsp3) is 0.273. The summed E-state index contributed by atoms with van der Waals surface area (Å²) < 4.78 is 27.1. The topological polar surface area (TPSA) is 169 Å². The Labute approximate surface area is 191 Å². The highest BCUT2D eigenvalue weighted by Crippen LogP contribution is 2.18. The zero-order valence-electron chi connectivity index (χ0n) is 17.7. The number of nitrogens with two attached hydrogens (primary N) is 1. The lowest BCUT2D eigenvalue weighted by Gasteiger charge is -2.24. The maximum absolute atomic E-state index is 12.7.